The number of rotatable bonds is 2. The van der Waals surface area contributed by atoms with Gasteiger partial charge in [0, 0.05) is 18.0 Å². The Morgan fingerprint density at radius 2 is 1.83 bits per heavy atom. The van der Waals surface area contributed by atoms with Gasteiger partial charge in [0.15, 0.2) is 5.82 Å². The molecule has 0 amide bonds. The summed E-state index contributed by atoms with van der Waals surface area (Å²) in [6, 6.07) is 4.56. The Hall–Kier alpha value is -1.31. The molecule has 0 aliphatic carbocycles. The molecule has 2 aromatic rings. The van der Waals surface area contributed by atoms with Gasteiger partial charge in [-0.25, -0.2) is 9.97 Å². The summed E-state index contributed by atoms with van der Waals surface area (Å²) < 4.78 is 32.5. The summed E-state index contributed by atoms with van der Waals surface area (Å²) in [5.41, 5.74) is 1.13. The fourth-order valence-corrected chi connectivity index (χ4v) is 2.37. The maximum atomic E-state index is 11.3. The molecule has 2 rings (SSSR count). The second kappa shape index (κ2) is 4.75. The summed E-state index contributed by atoms with van der Waals surface area (Å²) in [5.74, 6) is 0.245. The van der Waals surface area contributed by atoms with Crippen LogP contribution in [0.3, 0.4) is 0 Å². The van der Waals surface area contributed by atoms with Crippen LogP contribution in [-0.2, 0) is 10.1 Å². The van der Waals surface area contributed by atoms with Crippen molar-refractivity contribution in [3.63, 3.8) is 0 Å². The number of nitrogens with zero attached hydrogens (tertiary/aromatic N) is 2. The molecule has 1 heterocycles. The van der Waals surface area contributed by atoms with Crippen LogP contribution in [0.25, 0.3) is 11.4 Å². The fraction of sp³-hybridized carbons (Fsp3) is 0.0909. The SMILES string of the molecule is Cc1ccc(S(=O)(=O)O)c(-c2ncc(Br)cn2)c1. The lowest BCUT2D eigenvalue weighted by atomic mass is 10.1. The quantitative estimate of drug-likeness (QED) is 0.856. The van der Waals surface area contributed by atoms with E-state index in [0.29, 0.717) is 4.47 Å². The highest BCUT2D eigenvalue weighted by Gasteiger charge is 2.18. The minimum atomic E-state index is -4.30. The van der Waals surface area contributed by atoms with Gasteiger partial charge in [0.2, 0.25) is 0 Å². The fourth-order valence-electron chi connectivity index (χ4n) is 1.49. The van der Waals surface area contributed by atoms with Crippen molar-refractivity contribution < 1.29 is 13.0 Å². The molecule has 0 fully saturated rings. The summed E-state index contributed by atoms with van der Waals surface area (Å²) in [4.78, 5) is 7.86. The maximum absolute atomic E-state index is 11.3. The highest BCUT2D eigenvalue weighted by molar-refractivity contribution is 9.10. The van der Waals surface area contributed by atoms with E-state index in [-0.39, 0.29) is 16.3 Å². The van der Waals surface area contributed by atoms with Gasteiger partial charge in [-0.1, -0.05) is 11.6 Å². The first-order valence-corrected chi connectivity index (χ1v) is 7.17. The van der Waals surface area contributed by atoms with E-state index in [1.54, 1.807) is 12.1 Å². The molecule has 0 radical (unpaired) electrons. The zero-order valence-corrected chi connectivity index (χ0v) is 11.7. The van der Waals surface area contributed by atoms with E-state index in [0.717, 1.165) is 5.56 Å². The topological polar surface area (TPSA) is 80.2 Å². The van der Waals surface area contributed by atoms with E-state index in [9.17, 15) is 13.0 Å². The number of aryl methyl sites for hydroxylation is 1. The van der Waals surface area contributed by atoms with Crippen molar-refractivity contribution in [3.05, 3.63) is 40.6 Å². The van der Waals surface area contributed by atoms with Gasteiger partial charge in [-0.05, 0) is 35.0 Å². The third kappa shape index (κ3) is 2.74. The van der Waals surface area contributed by atoms with E-state index in [2.05, 4.69) is 25.9 Å². The molecule has 5 nitrogen and oxygen atoms in total. The molecule has 0 atom stereocenters. The van der Waals surface area contributed by atoms with E-state index < -0.39 is 10.1 Å². The lowest BCUT2D eigenvalue weighted by molar-refractivity contribution is 0.483. The Morgan fingerprint density at radius 1 is 1.22 bits per heavy atom. The van der Waals surface area contributed by atoms with Gasteiger partial charge in [-0.15, -0.1) is 0 Å². The normalized spacial score (nSPS) is 11.5. The number of benzene rings is 1. The zero-order valence-electron chi connectivity index (χ0n) is 9.33. The number of hydrogen-bond donors (Lipinski definition) is 1. The van der Waals surface area contributed by atoms with E-state index in [4.69, 9.17) is 0 Å². The molecule has 1 aromatic heterocycles. The van der Waals surface area contributed by atoms with Crippen LogP contribution in [0.1, 0.15) is 5.56 Å². The minimum Gasteiger partial charge on any atom is -0.282 e. The lowest BCUT2D eigenvalue weighted by Crippen LogP contribution is -2.02. The van der Waals surface area contributed by atoms with Gasteiger partial charge in [0.25, 0.3) is 10.1 Å². The smallest absolute Gasteiger partial charge is 0.282 e. The van der Waals surface area contributed by atoms with Gasteiger partial charge in [0.05, 0.1) is 4.47 Å². The van der Waals surface area contributed by atoms with Crippen molar-refractivity contribution in [1.82, 2.24) is 9.97 Å². The molecule has 0 aliphatic heterocycles. The number of hydrogen-bond acceptors (Lipinski definition) is 4. The standard InChI is InChI=1S/C11H9BrN2O3S/c1-7-2-3-10(18(15,16)17)9(4-7)11-13-5-8(12)6-14-11/h2-6H,1H3,(H,15,16,17). The minimum absolute atomic E-state index is 0.199. The monoisotopic (exact) mass is 328 g/mol. The van der Waals surface area contributed by atoms with Crippen LogP contribution in [-0.4, -0.2) is 22.9 Å². The molecular formula is C11H9BrN2O3S. The zero-order chi connectivity index (χ0) is 13.3. The third-order valence-electron chi connectivity index (χ3n) is 2.27. The molecule has 0 saturated heterocycles. The van der Waals surface area contributed by atoms with Gasteiger partial charge in [-0.3, -0.25) is 4.55 Å². The lowest BCUT2D eigenvalue weighted by Gasteiger charge is -2.06. The number of aromatic nitrogens is 2. The predicted octanol–water partition coefficient (Wildman–Crippen LogP) is 2.46. The Morgan fingerprint density at radius 3 is 2.39 bits per heavy atom. The van der Waals surface area contributed by atoms with Crippen molar-refractivity contribution >= 4 is 26.0 Å². The van der Waals surface area contributed by atoms with E-state index in [1.165, 1.54) is 18.5 Å². The summed E-state index contributed by atoms with van der Waals surface area (Å²) in [7, 11) is -4.30. The average molecular weight is 329 g/mol. The summed E-state index contributed by atoms with van der Waals surface area (Å²) in [5, 5.41) is 0. The summed E-state index contributed by atoms with van der Waals surface area (Å²) in [6.07, 6.45) is 3.02. The van der Waals surface area contributed by atoms with Crippen LogP contribution in [0.2, 0.25) is 0 Å². The van der Waals surface area contributed by atoms with Crippen LogP contribution in [0.5, 0.6) is 0 Å². The van der Waals surface area contributed by atoms with Gasteiger partial charge in [0.1, 0.15) is 4.90 Å². The molecule has 0 spiro atoms. The molecule has 0 unspecified atom stereocenters. The van der Waals surface area contributed by atoms with Crippen molar-refractivity contribution in [2.24, 2.45) is 0 Å². The molecule has 1 N–H and O–H groups in total. The predicted molar refractivity (Wildman–Crippen MR) is 69.7 cm³/mol. The van der Waals surface area contributed by atoms with Crippen LogP contribution >= 0.6 is 15.9 Å². The second-order valence-corrected chi connectivity index (χ2v) is 6.01. The number of halogens is 1. The molecule has 7 heteroatoms. The molecular weight excluding hydrogens is 320 g/mol. The molecule has 0 saturated carbocycles. The molecule has 94 valence electrons. The molecule has 0 aliphatic rings. The summed E-state index contributed by atoms with van der Waals surface area (Å²) >= 11 is 3.20. The van der Waals surface area contributed by atoms with Crippen molar-refractivity contribution in [2.75, 3.05) is 0 Å². The first-order valence-electron chi connectivity index (χ1n) is 4.94. The largest absolute Gasteiger partial charge is 0.295 e. The third-order valence-corrected chi connectivity index (χ3v) is 3.60. The van der Waals surface area contributed by atoms with Crippen LogP contribution in [0, 0.1) is 6.92 Å². The van der Waals surface area contributed by atoms with E-state index in [1.807, 2.05) is 6.92 Å². The van der Waals surface area contributed by atoms with Crippen LogP contribution in [0.4, 0.5) is 0 Å². The second-order valence-electron chi connectivity index (χ2n) is 3.70. The van der Waals surface area contributed by atoms with Crippen molar-refractivity contribution in [2.45, 2.75) is 11.8 Å². The Labute approximate surface area is 113 Å². The maximum Gasteiger partial charge on any atom is 0.295 e. The average Bonchev–Trinajstić information content (AvgIpc) is 2.28. The first-order chi connectivity index (χ1) is 8.38. The highest BCUT2D eigenvalue weighted by Crippen LogP contribution is 2.25. The van der Waals surface area contributed by atoms with Crippen LogP contribution < -0.4 is 0 Å². The van der Waals surface area contributed by atoms with Crippen molar-refractivity contribution in [3.8, 4) is 11.4 Å². The highest BCUT2D eigenvalue weighted by atomic mass is 79.9. The van der Waals surface area contributed by atoms with Crippen molar-refractivity contribution in [1.29, 1.82) is 0 Å². The van der Waals surface area contributed by atoms with Gasteiger partial charge >= 0.3 is 0 Å². The Balaban J connectivity index is 2.69. The van der Waals surface area contributed by atoms with Gasteiger partial charge < -0.3 is 0 Å². The first kappa shape index (κ1) is 13.1. The molecule has 18 heavy (non-hydrogen) atoms. The Kier molecular flexibility index (Phi) is 3.47. The molecule has 0 bridgehead atoms. The Bertz CT molecular complexity index is 684. The van der Waals surface area contributed by atoms with Crippen LogP contribution in [0.15, 0.2) is 40.0 Å². The summed E-state index contributed by atoms with van der Waals surface area (Å²) in [6.45, 7) is 1.82. The van der Waals surface area contributed by atoms with E-state index >= 15 is 0 Å². The molecule has 1 aromatic carbocycles. The van der Waals surface area contributed by atoms with Gasteiger partial charge in [-0.2, -0.15) is 8.42 Å².